The molecule has 172 valence electrons. The molecule has 0 amide bonds. The van der Waals surface area contributed by atoms with Gasteiger partial charge < -0.3 is 10.2 Å². The van der Waals surface area contributed by atoms with Crippen LogP contribution >= 0.6 is 0 Å². The maximum atomic E-state index is 10.6. The molecule has 0 bridgehead atoms. The Hall–Kier alpha value is -1.96. The number of phenolic OH excluding ortho intramolecular Hbond substituents is 2. The highest BCUT2D eigenvalue weighted by Crippen LogP contribution is 2.46. The van der Waals surface area contributed by atoms with E-state index in [9.17, 15) is 10.2 Å². The summed E-state index contributed by atoms with van der Waals surface area (Å²) in [5.74, 6) is 3.23. The fraction of sp³-hybridized carbons (Fsp3) is 0.600. The van der Waals surface area contributed by atoms with E-state index in [4.69, 9.17) is 0 Å². The average molecular weight is 433 g/mol. The van der Waals surface area contributed by atoms with Crippen molar-refractivity contribution in [3.8, 4) is 11.5 Å². The highest BCUT2D eigenvalue weighted by atomic mass is 16.3. The number of aromatic hydroxyl groups is 2. The predicted molar refractivity (Wildman–Crippen MR) is 132 cm³/mol. The number of hydrogen-bond acceptors (Lipinski definition) is 2. The van der Waals surface area contributed by atoms with E-state index in [1.807, 2.05) is 12.1 Å². The number of benzene rings is 2. The zero-order chi connectivity index (χ0) is 21.9. The normalized spacial score (nSPS) is 25.6. The lowest BCUT2D eigenvalue weighted by atomic mass is 9.73. The van der Waals surface area contributed by atoms with Crippen LogP contribution in [0.1, 0.15) is 136 Å². The second-order valence-corrected chi connectivity index (χ2v) is 10.9. The van der Waals surface area contributed by atoms with Crippen molar-refractivity contribution in [2.75, 3.05) is 0 Å². The molecule has 0 aromatic heterocycles. The molecule has 3 saturated carbocycles. The summed E-state index contributed by atoms with van der Waals surface area (Å²) in [6, 6.07) is 13.0. The van der Waals surface area contributed by atoms with E-state index in [1.165, 1.54) is 112 Å². The zero-order valence-corrected chi connectivity index (χ0v) is 19.6. The Morgan fingerprint density at radius 2 is 0.875 bits per heavy atom. The van der Waals surface area contributed by atoms with Crippen LogP contribution in [0.4, 0.5) is 0 Å². The highest BCUT2D eigenvalue weighted by molar-refractivity contribution is 5.42. The first-order chi connectivity index (χ1) is 15.7. The van der Waals surface area contributed by atoms with Crippen molar-refractivity contribution >= 4 is 0 Å². The quantitative estimate of drug-likeness (QED) is 0.507. The Kier molecular flexibility index (Phi) is 6.76. The largest absolute Gasteiger partial charge is 0.508 e. The van der Waals surface area contributed by atoms with Gasteiger partial charge in [0.1, 0.15) is 11.5 Å². The van der Waals surface area contributed by atoms with Gasteiger partial charge in [-0.1, -0.05) is 69.2 Å². The summed E-state index contributed by atoms with van der Waals surface area (Å²) in [6.07, 6.45) is 17.7. The van der Waals surface area contributed by atoms with Gasteiger partial charge in [0.25, 0.3) is 0 Å². The molecule has 2 N–H and O–H groups in total. The van der Waals surface area contributed by atoms with Crippen LogP contribution in [0.15, 0.2) is 36.4 Å². The maximum Gasteiger partial charge on any atom is 0.119 e. The van der Waals surface area contributed by atoms with E-state index in [0.29, 0.717) is 35.2 Å². The van der Waals surface area contributed by atoms with Gasteiger partial charge in [0.05, 0.1) is 0 Å². The third-order valence-electron chi connectivity index (χ3n) is 8.81. The van der Waals surface area contributed by atoms with Gasteiger partial charge in [0.15, 0.2) is 0 Å². The van der Waals surface area contributed by atoms with Crippen molar-refractivity contribution < 1.29 is 10.2 Å². The first kappa shape index (κ1) is 21.9. The maximum absolute atomic E-state index is 10.6. The van der Waals surface area contributed by atoms with E-state index in [1.54, 1.807) is 0 Å². The van der Waals surface area contributed by atoms with Gasteiger partial charge >= 0.3 is 0 Å². The summed E-state index contributed by atoms with van der Waals surface area (Å²) in [4.78, 5) is 0. The first-order valence-electron chi connectivity index (χ1n) is 13.3. The topological polar surface area (TPSA) is 40.5 Å². The predicted octanol–water partition coefficient (Wildman–Crippen LogP) is 8.63. The van der Waals surface area contributed by atoms with Crippen molar-refractivity contribution in [3.63, 3.8) is 0 Å². The van der Waals surface area contributed by atoms with Crippen LogP contribution in [-0.4, -0.2) is 10.2 Å². The monoisotopic (exact) mass is 432 g/mol. The van der Waals surface area contributed by atoms with Gasteiger partial charge in [0.2, 0.25) is 0 Å². The van der Waals surface area contributed by atoms with Crippen LogP contribution < -0.4 is 0 Å². The summed E-state index contributed by atoms with van der Waals surface area (Å²) < 4.78 is 0. The molecule has 2 aromatic rings. The molecular formula is C30H40O2. The average Bonchev–Trinajstić information content (AvgIpc) is 2.86. The molecule has 0 radical (unpaired) electrons. The van der Waals surface area contributed by atoms with Crippen LogP contribution in [-0.2, 0) is 0 Å². The lowest BCUT2D eigenvalue weighted by molar-refractivity contribution is 0.387. The minimum atomic E-state index is 0.503. The molecule has 32 heavy (non-hydrogen) atoms. The minimum absolute atomic E-state index is 0.503. The lowest BCUT2D eigenvalue weighted by Gasteiger charge is -2.32. The van der Waals surface area contributed by atoms with Crippen molar-refractivity contribution in [3.05, 3.63) is 58.7 Å². The fourth-order valence-electron chi connectivity index (χ4n) is 6.93. The molecule has 2 heteroatoms. The molecule has 2 unspecified atom stereocenters. The SMILES string of the molecule is Oc1ccc(C2CCCC(c3ccc(O)c(C4CCCCC4)c3)C2)cc1C1CCCCC1. The van der Waals surface area contributed by atoms with Crippen molar-refractivity contribution in [1.82, 2.24) is 0 Å². The number of hydrogen-bond donors (Lipinski definition) is 2. The van der Waals surface area contributed by atoms with Gasteiger partial charge in [-0.05, 0) is 103 Å². The summed E-state index contributed by atoms with van der Waals surface area (Å²) in [5, 5.41) is 21.1. The van der Waals surface area contributed by atoms with Gasteiger partial charge in [-0.2, -0.15) is 0 Å². The van der Waals surface area contributed by atoms with E-state index in [-0.39, 0.29) is 0 Å². The van der Waals surface area contributed by atoms with Crippen LogP contribution in [0.25, 0.3) is 0 Å². The summed E-state index contributed by atoms with van der Waals surface area (Å²) in [5.41, 5.74) is 5.26. The summed E-state index contributed by atoms with van der Waals surface area (Å²) in [6.45, 7) is 0. The second kappa shape index (κ2) is 9.89. The van der Waals surface area contributed by atoms with Gasteiger partial charge in [-0.25, -0.2) is 0 Å². The van der Waals surface area contributed by atoms with Crippen LogP contribution in [0.2, 0.25) is 0 Å². The Morgan fingerprint density at radius 3 is 1.31 bits per heavy atom. The molecule has 0 saturated heterocycles. The molecule has 2 aromatic carbocycles. The molecular weight excluding hydrogens is 392 g/mol. The van der Waals surface area contributed by atoms with Crippen molar-refractivity contribution in [1.29, 1.82) is 0 Å². The molecule has 2 atom stereocenters. The third-order valence-corrected chi connectivity index (χ3v) is 8.81. The fourth-order valence-corrected chi connectivity index (χ4v) is 6.93. The van der Waals surface area contributed by atoms with Gasteiger partial charge in [0, 0.05) is 0 Å². The van der Waals surface area contributed by atoms with Crippen LogP contribution in [0, 0.1) is 0 Å². The molecule has 3 aliphatic carbocycles. The molecule has 3 fully saturated rings. The van der Waals surface area contributed by atoms with E-state index in [0.717, 1.165) is 0 Å². The standard InChI is InChI=1S/C30H40O2/c31-29-16-14-25(19-27(29)21-8-3-1-4-9-21)23-12-7-13-24(18-23)26-15-17-30(32)28(20-26)22-10-5-2-6-11-22/h14-17,19-24,31-32H,1-13,18H2. The molecule has 0 aliphatic heterocycles. The summed E-state index contributed by atoms with van der Waals surface area (Å²) in [7, 11) is 0. The van der Waals surface area contributed by atoms with Gasteiger partial charge in [-0.3, -0.25) is 0 Å². The second-order valence-electron chi connectivity index (χ2n) is 10.9. The first-order valence-corrected chi connectivity index (χ1v) is 13.3. The lowest BCUT2D eigenvalue weighted by Crippen LogP contribution is -2.14. The zero-order valence-electron chi connectivity index (χ0n) is 19.6. The molecule has 0 spiro atoms. The molecule has 0 heterocycles. The van der Waals surface area contributed by atoms with Crippen molar-refractivity contribution in [2.45, 2.75) is 114 Å². The van der Waals surface area contributed by atoms with E-state index < -0.39 is 0 Å². The minimum Gasteiger partial charge on any atom is -0.508 e. The third kappa shape index (κ3) is 4.70. The smallest absolute Gasteiger partial charge is 0.119 e. The van der Waals surface area contributed by atoms with Crippen LogP contribution in [0.3, 0.4) is 0 Å². The Morgan fingerprint density at radius 1 is 0.469 bits per heavy atom. The van der Waals surface area contributed by atoms with E-state index in [2.05, 4.69) is 24.3 Å². The van der Waals surface area contributed by atoms with Gasteiger partial charge in [-0.15, -0.1) is 0 Å². The van der Waals surface area contributed by atoms with Crippen LogP contribution in [0.5, 0.6) is 11.5 Å². The molecule has 5 rings (SSSR count). The summed E-state index contributed by atoms with van der Waals surface area (Å²) >= 11 is 0. The molecule has 3 aliphatic rings. The highest BCUT2D eigenvalue weighted by Gasteiger charge is 2.28. The van der Waals surface area contributed by atoms with E-state index >= 15 is 0 Å². The Labute approximate surface area is 194 Å². The Bertz CT molecular complexity index is 832. The van der Waals surface area contributed by atoms with Crippen molar-refractivity contribution in [2.24, 2.45) is 0 Å². The Balaban J connectivity index is 1.35. The number of phenols is 2. The number of rotatable bonds is 4. The molecule has 2 nitrogen and oxygen atoms in total.